The van der Waals surface area contributed by atoms with Crippen LogP contribution in [0.1, 0.15) is 36.8 Å². The Morgan fingerprint density at radius 3 is 2.85 bits per heavy atom. The fourth-order valence-electron chi connectivity index (χ4n) is 3.24. The van der Waals surface area contributed by atoms with Crippen molar-refractivity contribution >= 4 is 5.69 Å². The SMILES string of the molecule is Cc1c(CC2(CN)CCCCC2O)cccc1[N+](=O)[O-]. The number of benzene rings is 1. The molecule has 2 atom stereocenters. The summed E-state index contributed by atoms with van der Waals surface area (Å²) in [7, 11) is 0. The number of nitro groups is 1. The lowest BCUT2D eigenvalue weighted by Crippen LogP contribution is -2.45. The molecule has 5 nitrogen and oxygen atoms in total. The smallest absolute Gasteiger partial charge is 0.272 e. The number of aliphatic hydroxyl groups is 1. The third-order valence-electron chi connectivity index (χ3n) is 4.67. The van der Waals surface area contributed by atoms with Gasteiger partial charge >= 0.3 is 0 Å². The molecule has 1 aliphatic rings. The van der Waals surface area contributed by atoms with Crippen molar-refractivity contribution in [1.29, 1.82) is 0 Å². The normalized spacial score (nSPS) is 26.4. The topological polar surface area (TPSA) is 89.4 Å². The maximum atomic E-state index is 11.0. The van der Waals surface area contributed by atoms with Crippen molar-refractivity contribution in [2.45, 2.75) is 45.1 Å². The van der Waals surface area contributed by atoms with Crippen LogP contribution >= 0.6 is 0 Å². The summed E-state index contributed by atoms with van der Waals surface area (Å²) in [6.45, 7) is 2.18. The van der Waals surface area contributed by atoms with E-state index in [1.165, 1.54) is 6.07 Å². The number of aliphatic hydroxyl groups excluding tert-OH is 1. The van der Waals surface area contributed by atoms with Gasteiger partial charge in [0.05, 0.1) is 11.0 Å². The minimum absolute atomic E-state index is 0.139. The highest BCUT2D eigenvalue weighted by atomic mass is 16.6. The standard InChI is InChI=1S/C15H22N2O3/c1-11-12(5-4-6-13(11)17(19)20)9-15(10-16)8-3-2-7-14(15)18/h4-6,14,18H,2-3,7-10,16H2,1H3. The molecule has 0 aliphatic heterocycles. The van der Waals surface area contributed by atoms with Gasteiger partial charge in [0.2, 0.25) is 0 Å². The third kappa shape index (κ3) is 2.69. The maximum Gasteiger partial charge on any atom is 0.272 e. The van der Waals surface area contributed by atoms with Gasteiger partial charge in [-0.2, -0.15) is 0 Å². The Balaban J connectivity index is 2.32. The van der Waals surface area contributed by atoms with Gasteiger partial charge in [-0.15, -0.1) is 0 Å². The number of hydrogen-bond acceptors (Lipinski definition) is 4. The van der Waals surface area contributed by atoms with Gasteiger partial charge in [-0.1, -0.05) is 25.0 Å². The van der Waals surface area contributed by atoms with Crippen LogP contribution in [0.25, 0.3) is 0 Å². The van der Waals surface area contributed by atoms with Gasteiger partial charge < -0.3 is 10.8 Å². The quantitative estimate of drug-likeness (QED) is 0.653. The minimum Gasteiger partial charge on any atom is -0.392 e. The first-order valence-corrected chi connectivity index (χ1v) is 7.11. The number of nitro benzene ring substituents is 1. The molecule has 0 saturated heterocycles. The van der Waals surface area contributed by atoms with Gasteiger partial charge in [0.1, 0.15) is 0 Å². The highest BCUT2D eigenvalue weighted by Gasteiger charge is 2.39. The summed E-state index contributed by atoms with van der Waals surface area (Å²) < 4.78 is 0. The van der Waals surface area contributed by atoms with Crippen LogP contribution in [-0.4, -0.2) is 22.7 Å². The fourth-order valence-corrected chi connectivity index (χ4v) is 3.24. The molecule has 110 valence electrons. The second kappa shape index (κ2) is 5.89. The van der Waals surface area contributed by atoms with Crippen LogP contribution in [0.15, 0.2) is 18.2 Å². The van der Waals surface area contributed by atoms with Gasteiger partial charge in [-0.05, 0) is 31.7 Å². The summed E-state index contributed by atoms with van der Waals surface area (Å²) in [6, 6.07) is 5.13. The highest BCUT2D eigenvalue weighted by molar-refractivity contribution is 5.45. The first kappa shape index (κ1) is 14.9. The molecule has 0 aromatic heterocycles. The van der Waals surface area contributed by atoms with Crippen LogP contribution < -0.4 is 5.73 Å². The van der Waals surface area contributed by atoms with Crippen molar-refractivity contribution in [3.8, 4) is 0 Å². The lowest BCUT2D eigenvalue weighted by Gasteiger charge is -2.41. The second-order valence-corrected chi connectivity index (χ2v) is 5.82. The Labute approximate surface area is 118 Å². The van der Waals surface area contributed by atoms with E-state index in [9.17, 15) is 15.2 Å². The molecule has 0 heterocycles. The molecule has 1 aromatic rings. The van der Waals surface area contributed by atoms with E-state index in [-0.39, 0.29) is 16.0 Å². The molecule has 2 rings (SSSR count). The minimum atomic E-state index is -0.417. The molecular weight excluding hydrogens is 256 g/mol. The molecule has 3 N–H and O–H groups in total. The summed E-state index contributed by atoms with van der Waals surface area (Å²) in [4.78, 5) is 10.7. The Hall–Kier alpha value is -1.46. The Morgan fingerprint density at radius 2 is 2.25 bits per heavy atom. The van der Waals surface area contributed by atoms with E-state index in [1.54, 1.807) is 13.0 Å². The van der Waals surface area contributed by atoms with E-state index in [4.69, 9.17) is 5.73 Å². The van der Waals surface area contributed by atoms with E-state index >= 15 is 0 Å². The number of hydrogen-bond donors (Lipinski definition) is 2. The van der Waals surface area contributed by atoms with E-state index < -0.39 is 6.10 Å². The van der Waals surface area contributed by atoms with E-state index in [2.05, 4.69) is 0 Å². The molecule has 1 fully saturated rings. The summed E-state index contributed by atoms with van der Waals surface area (Å²) in [6.07, 6.45) is 3.93. The van der Waals surface area contributed by atoms with Crippen molar-refractivity contribution in [3.05, 3.63) is 39.4 Å². The third-order valence-corrected chi connectivity index (χ3v) is 4.67. The number of nitrogens with zero attached hydrogens (tertiary/aromatic N) is 1. The molecule has 0 amide bonds. The first-order chi connectivity index (χ1) is 9.50. The van der Waals surface area contributed by atoms with Crippen LogP contribution in [0.3, 0.4) is 0 Å². The monoisotopic (exact) mass is 278 g/mol. The Morgan fingerprint density at radius 1 is 1.50 bits per heavy atom. The molecule has 1 aromatic carbocycles. The number of nitrogens with two attached hydrogens (primary N) is 1. The summed E-state index contributed by atoms with van der Waals surface area (Å²) in [5.41, 5.74) is 7.34. The summed E-state index contributed by atoms with van der Waals surface area (Å²) >= 11 is 0. The van der Waals surface area contributed by atoms with Crippen molar-refractivity contribution in [2.75, 3.05) is 6.54 Å². The predicted octanol–water partition coefficient (Wildman–Crippen LogP) is 2.33. The zero-order valence-corrected chi connectivity index (χ0v) is 11.8. The van der Waals surface area contributed by atoms with Crippen molar-refractivity contribution in [2.24, 2.45) is 11.1 Å². The lowest BCUT2D eigenvalue weighted by atomic mass is 9.68. The Bertz CT molecular complexity index is 504. The van der Waals surface area contributed by atoms with Crippen LogP contribution in [0.4, 0.5) is 5.69 Å². The highest BCUT2D eigenvalue weighted by Crippen LogP contribution is 2.40. The van der Waals surface area contributed by atoms with Gasteiger partial charge in [-0.25, -0.2) is 0 Å². The summed E-state index contributed by atoms with van der Waals surface area (Å²) in [5, 5.41) is 21.3. The lowest BCUT2D eigenvalue weighted by molar-refractivity contribution is -0.385. The van der Waals surface area contributed by atoms with Crippen LogP contribution in [0.2, 0.25) is 0 Å². The number of rotatable bonds is 4. The van der Waals surface area contributed by atoms with Crippen molar-refractivity contribution in [3.63, 3.8) is 0 Å². The average Bonchev–Trinajstić information content (AvgIpc) is 2.43. The van der Waals surface area contributed by atoms with Crippen molar-refractivity contribution in [1.82, 2.24) is 0 Å². The largest absolute Gasteiger partial charge is 0.392 e. The van der Waals surface area contributed by atoms with Crippen LogP contribution in [0, 0.1) is 22.5 Å². The van der Waals surface area contributed by atoms with E-state index in [0.717, 1.165) is 31.2 Å². The molecule has 2 unspecified atom stereocenters. The van der Waals surface area contributed by atoms with E-state index in [1.807, 2.05) is 6.07 Å². The van der Waals surface area contributed by atoms with Gasteiger partial charge in [0.15, 0.2) is 0 Å². The van der Waals surface area contributed by atoms with Crippen LogP contribution in [-0.2, 0) is 6.42 Å². The van der Waals surface area contributed by atoms with E-state index in [0.29, 0.717) is 18.5 Å². The molecule has 1 aliphatic carbocycles. The Kier molecular flexibility index (Phi) is 4.40. The summed E-state index contributed by atoms with van der Waals surface area (Å²) in [5.74, 6) is 0. The molecule has 0 spiro atoms. The van der Waals surface area contributed by atoms with Crippen molar-refractivity contribution < 1.29 is 10.0 Å². The zero-order chi connectivity index (χ0) is 14.8. The van der Waals surface area contributed by atoms with Gasteiger partial charge in [-0.3, -0.25) is 10.1 Å². The molecule has 0 radical (unpaired) electrons. The zero-order valence-electron chi connectivity index (χ0n) is 11.8. The van der Waals surface area contributed by atoms with Gasteiger partial charge in [0, 0.05) is 23.6 Å². The molecule has 20 heavy (non-hydrogen) atoms. The average molecular weight is 278 g/mol. The van der Waals surface area contributed by atoms with Gasteiger partial charge in [0.25, 0.3) is 5.69 Å². The molecule has 0 bridgehead atoms. The maximum absolute atomic E-state index is 11.0. The molecule has 1 saturated carbocycles. The second-order valence-electron chi connectivity index (χ2n) is 5.82. The van der Waals surface area contributed by atoms with Crippen LogP contribution in [0.5, 0.6) is 0 Å². The fraction of sp³-hybridized carbons (Fsp3) is 0.600. The molecule has 5 heteroatoms. The predicted molar refractivity (Wildman–Crippen MR) is 77.5 cm³/mol. The molecular formula is C15H22N2O3. The first-order valence-electron chi connectivity index (χ1n) is 7.11.